The molecule has 12 aromatic rings. The van der Waals surface area contributed by atoms with E-state index in [1.165, 1.54) is 9.40 Å². The highest BCUT2D eigenvalue weighted by atomic mass is 32.1. The monoisotopic (exact) mass is 918 g/mol. The van der Waals surface area contributed by atoms with Crippen LogP contribution in [0, 0.1) is 0 Å². The summed E-state index contributed by atoms with van der Waals surface area (Å²) < 4.78 is 2.34. The van der Waals surface area contributed by atoms with Gasteiger partial charge in [0.15, 0.2) is 0 Å². The molecule has 69 heavy (non-hydrogen) atoms. The predicted molar refractivity (Wildman–Crippen MR) is 294 cm³/mol. The molecule has 0 spiro atoms. The van der Waals surface area contributed by atoms with Crippen molar-refractivity contribution < 1.29 is 0 Å². The van der Waals surface area contributed by atoms with Crippen LogP contribution >= 0.6 is 22.7 Å². The fourth-order valence-corrected chi connectivity index (χ4v) is 12.1. The number of benzene rings is 10. The van der Waals surface area contributed by atoms with E-state index < -0.39 is 0 Å². The Bertz CT molecular complexity index is 3760. The Kier molecular flexibility index (Phi) is 10.1. The maximum atomic E-state index is 5.21. The van der Waals surface area contributed by atoms with Gasteiger partial charge in [-0.25, -0.2) is 9.97 Å². The van der Waals surface area contributed by atoms with E-state index in [1.807, 2.05) is 0 Å². The third-order valence-electron chi connectivity index (χ3n) is 13.2. The molecule has 3 heterocycles. The molecule has 2 aromatic heterocycles. The summed E-state index contributed by atoms with van der Waals surface area (Å²) in [6.45, 7) is 0. The van der Waals surface area contributed by atoms with Gasteiger partial charge in [-0.2, -0.15) is 0 Å². The normalized spacial score (nSPS) is 12.1. The van der Waals surface area contributed by atoms with Crippen LogP contribution in [0.4, 0.5) is 28.4 Å². The molecule has 0 fully saturated rings. The lowest BCUT2D eigenvalue weighted by Crippen LogP contribution is -2.25. The van der Waals surface area contributed by atoms with Crippen molar-refractivity contribution in [1.82, 2.24) is 9.97 Å². The zero-order valence-corrected chi connectivity index (χ0v) is 39.3. The van der Waals surface area contributed by atoms with Crippen LogP contribution in [0.3, 0.4) is 0 Å². The molecule has 1 aliphatic rings. The van der Waals surface area contributed by atoms with Crippen LogP contribution in [0.15, 0.2) is 237 Å². The van der Waals surface area contributed by atoms with Gasteiger partial charge in [0.05, 0.1) is 48.9 Å². The largest absolute Gasteiger partial charge is 0.341 e. The summed E-state index contributed by atoms with van der Waals surface area (Å²) in [5, 5.41) is 1.99. The van der Waals surface area contributed by atoms with E-state index in [2.05, 4.69) is 253 Å². The molecule has 0 bridgehead atoms. The molecule has 0 unspecified atom stereocenters. The first-order valence-corrected chi connectivity index (χ1v) is 24.8. The van der Waals surface area contributed by atoms with Gasteiger partial charge in [0.2, 0.25) is 0 Å². The van der Waals surface area contributed by atoms with E-state index in [0.29, 0.717) is 0 Å². The standard InChI is InChI=1S/C63H42N4S2/c1-66-50-33-13-15-35-52(50)67(53-36-16-14-34-51(53)66)61-59(43-25-9-4-10-26-43)58(44-27-19-29-46(39-44)62-64-48-31-11-17-37-54(48)68-62)56(41-21-5-2-6-22-41)57(42-23-7-3-8-24-42)60(61)45-28-20-30-47(40-45)63-65-49-32-12-18-38-55(49)69-63/h2-40H,1H3. The van der Waals surface area contributed by atoms with Crippen LogP contribution in [-0.2, 0) is 0 Å². The molecule has 0 aliphatic carbocycles. The summed E-state index contributed by atoms with van der Waals surface area (Å²) in [7, 11) is 2.18. The molecular weight excluding hydrogens is 877 g/mol. The number of anilines is 5. The summed E-state index contributed by atoms with van der Waals surface area (Å²) >= 11 is 3.48. The van der Waals surface area contributed by atoms with Gasteiger partial charge >= 0.3 is 0 Å². The van der Waals surface area contributed by atoms with E-state index in [1.54, 1.807) is 22.7 Å². The maximum absolute atomic E-state index is 5.21. The van der Waals surface area contributed by atoms with Crippen LogP contribution < -0.4 is 9.80 Å². The lowest BCUT2D eigenvalue weighted by Gasteiger charge is -2.41. The summed E-state index contributed by atoms with van der Waals surface area (Å²) in [6, 6.07) is 85.8. The van der Waals surface area contributed by atoms with Crippen LogP contribution in [0.1, 0.15) is 0 Å². The summed E-state index contributed by atoms with van der Waals surface area (Å²) in [5.41, 5.74) is 21.0. The number of hydrogen-bond donors (Lipinski definition) is 0. The second-order valence-electron chi connectivity index (χ2n) is 17.3. The minimum absolute atomic E-state index is 0.992. The number of hydrogen-bond acceptors (Lipinski definition) is 6. The van der Waals surface area contributed by atoms with Crippen molar-refractivity contribution in [1.29, 1.82) is 0 Å². The van der Waals surface area contributed by atoms with Crippen molar-refractivity contribution >= 4 is 71.5 Å². The van der Waals surface area contributed by atoms with Crippen LogP contribution in [-0.4, -0.2) is 17.0 Å². The fourth-order valence-electron chi connectivity index (χ4n) is 10.2. The van der Waals surface area contributed by atoms with Crippen LogP contribution in [0.2, 0.25) is 0 Å². The second kappa shape index (κ2) is 17.0. The molecule has 4 nitrogen and oxygen atoms in total. The number of para-hydroxylation sites is 6. The Morgan fingerprint density at radius 2 is 0.638 bits per heavy atom. The van der Waals surface area contributed by atoms with Crippen LogP contribution in [0.25, 0.3) is 97.2 Å². The summed E-state index contributed by atoms with van der Waals surface area (Å²) in [6.07, 6.45) is 0. The van der Waals surface area contributed by atoms with E-state index in [9.17, 15) is 0 Å². The smallest absolute Gasteiger partial charge is 0.124 e. The lowest BCUT2D eigenvalue weighted by molar-refractivity contribution is 1.13. The zero-order valence-electron chi connectivity index (χ0n) is 37.6. The van der Waals surface area contributed by atoms with E-state index >= 15 is 0 Å². The van der Waals surface area contributed by atoms with Crippen molar-refractivity contribution in [2.75, 3.05) is 16.8 Å². The van der Waals surface area contributed by atoms with E-state index in [4.69, 9.17) is 9.97 Å². The molecule has 0 amide bonds. The molecule has 10 aromatic carbocycles. The Balaban J connectivity index is 1.24. The SMILES string of the molecule is CN1c2ccccc2N(c2c(-c3ccccc3)c(-c3cccc(-c4nc5ccccc5s4)c3)c(-c3ccccc3)c(-c3ccccc3)c2-c2cccc(-c3nc4ccccc4s3)c2)c2ccccc21. The average molecular weight is 919 g/mol. The van der Waals surface area contributed by atoms with Crippen molar-refractivity contribution in [2.24, 2.45) is 0 Å². The Hall–Kier alpha value is -8.42. The first kappa shape index (κ1) is 40.8. The topological polar surface area (TPSA) is 32.3 Å². The third kappa shape index (κ3) is 7.03. The van der Waals surface area contributed by atoms with Crippen molar-refractivity contribution in [3.8, 4) is 76.8 Å². The van der Waals surface area contributed by atoms with Crippen LogP contribution in [0.5, 0.6) is 0 Å². The molecule has 0 N–H and O–H groups in total. The van der Waals surface area contributed by atoms with Gasteiger partial charge in [0.1, 0.15) is 10.0 Å². The Morgan fingerprint density at radius 1 is 0.304 bits per heavy atom. The van der Waals surface area contributed by atoms with E-state index in [-0.39, 0.29) is 0 Å². The second-order valence-corrected chi connectivity index (χ2v) is 19.4. The van der Waals surface area contributed by atoms with Gasteiger partial charge in [-0.15, -0.1) is 22.7 Å². The Labute approximate surface area is 409 Å². The first-order valence-electron chi connectivity index (χ1n) is 23.2. The first-order chi connectivity index (χ1) is 34.2. The molecule has 326 valence electrons. The molecule has 1 aliphatic heterocycles. The lowest BCUT2D eigenvalue weighted by atomic mass is 9.76. The molecule has 0 radical (unpaired) electrons. The van der Waals surface area contributed by atoms with Crippen molar-refractivity contribution in [3.63, 3.8) is 0 Å². The highest BCUT2D eigenvalue weighted by Crippen LogP contribution is 2.61. The van der Waals surface area contributed by atoms with Gasteiger partial charge < -0.3 is 9.80 Å². The molecule has 0 saturated carbocycles. The summed E-state index contributed by atoms with van der Waals surface area (Å²) in [5.74, 6) is 0. The molecule has 6 heteroatoms. The van der Waals surface area contributed by atoms with Gasteiger partial charge in [-0.1, -0.05) is 176 Å². The average Bonchev–Trinajstić information content (AvgIpc) is 4.07. The zero-order chi connectivity index (χ0) is 45.8. The molecule has 13 rings (SSSR count). The molecule has 0 atom stereocenters. The minimum atomic E-state index is 0.992. The highest BCUT2D eigenvalue weighted by molar-refractivity contribution is 7.22. The van der Waals surface area contributed by atoms with Gasteiger partial charge in [0, 0.05) is 40.4 Å². The van der Waals surface area contributed by atoms with Crippen molar-refractivity contribution in [2.45, 2.75) is 0 Å². The number of rotatable bonds is 8. The number of thiazole rings is 2. The third-order valence-corrected chi connectivity index (χ3v) is 15.4. The number of aromatic nitrogens is 2. The summed E-state index contributed by atoms with van der Waals surface area (Å²) in [4.78, 5) is 15.3. The molecular formula is C63H42N4S2. The number of nitrogens with zero attached hydrogens (tertiary/aromatic N) is 4. The fraction of sp³-hybridized carbons (Fsp3) is 0.0159. The van der Waals surface area contributed by atoms with Gasteiger partial charge in [-0.3, -0.25) is 0 Å². The maximum Gasteiger partial charge on any atom is 0.124 e. The van der Waals surface area contributed by atoms with Crippen molar-refractivity contribution in [3.05, 3.63) is 237 Å². The quantitative estimate of drug-likeness (QED) is 0.152. The number of fused-ring (bicyclic) bond motifs is 4. The highest BCUT2D eigenvalue weighted by Gasteiger charge is 2.36. The van der Waals surface area contributed by atoms with E-state index in [0.717, 1.165) is 116 Å². The Morgan fingerprint density at radius 3 is 1.12 bits per heavy atom. The van der Waals surface area contributed by atoms with Gasteiger partial charge in [-0.05, 0) is 94.0 Å². The molecule has 0 saturated heterocycles. The predicted octanol–water partition coefficient (Wildman–Crippen LogP) is 18.1. The minimum Gasteiger partial charge on any atom is -0.341 e. The van der Waals surface area contributed by atoms with Gasteiger partial charge in [0.25, 0.3) is 0 Å².